The largest absolute Gasteiger partial charge is 0.297 e. The van der Waals surface area contributed by atoms with Crippen LogP contribution in [0.25, 0.3) is 0 Å². The Balaban J connectivity index is 1.91. The first-order valence-corrected chi connectivity index (χ1v) is 5.12. The van der Waals surface area contributed by atoms with Crippen LogP contribution in [0.2, 0.25) is 0 Å². The SMILES string of the molecule is N#CC1CNN2C=C3C=CC=CC3NC12. The maximum Gasteiger partial charge on any atom is 0.112 e. The van der Waals surface area contributed by atoms with Crippen LogP contribution in [0.5, 0.6) is 0 Å². The first-order chi connectivity index (χ1) is 7.38. The molecule has 0 spiro atoms. The summed E-state index contributed by atoms with van der Waals surface area (Å²) in [7, 11) is 0. The Morgan fingerprint density at radius 1 is 1.47 bits per heavy atom. The maximum absolute atomic E-state index is 8.99. The van der Waals surface area contributed by atoms with Crippen LogP contribution in [0.1, 0.15) is 0 Å². The lowest BCUT2D eigenvalue weighted by Gasteiger charge is -2.35. The number of nitrogens with zero attached hydrogens (tertiary/aromatic N) is 2. The Morgan fingerprint density at radius 3 is 3.27 bits per heavy atom. The molecule has 0 aromatic rings. The van der Waals surface area contributed by atoms with Crippen molar-refractivity contribution in [2.75, 3.05) is 6.54 Å². The minimum atomic E-state index is 0.0158. The second-order valence-corrected chi connectivity index (χ2v) is 3.97. The van der Waals surface area contributed by atoms with Gasteiger partial charge in [-0.15, -0.1) is 0 Å². The van der Waals surface area contributed by atoms with Crippen molar-refractivity contribution in [2.45, 2.75) is 12.2 Å². The molecule has 0 amide bonds. The second-order valence-electron chi connectivity index (χ2n) is 3.97. The zero-order valence-corrected chi connectivity index (χ0v) is 8.22. The second kappa shape index (κ2) is 3.23. The molecule has 3 atom stereocenters. The Labute approximate surface area is 88.5 Å². The molecule has 1 fully saturated rings. The topological polar surface area (TPSA) is 51.1 Å². The van der Waals surface area contributed by atoms with Crippen LogP contribution in [-0.2, 0) is 0 Å². The van der Waals surface area contributed by atoms with Gasteiger partial charge in [0.15, 0.2) is 0 Å². The summed E-state index contributed by atoms with van der Waals surface area (Å²) in [6.45, 7) is 0.720. The standard InChI is InChI=1S/C11H12N4/c12-5-9-6-13-15-7-8-3-1-2-4-10(8)14-11(9)15/h1-4,7,9-11,13-14H,6H2. The molecule has 0 aromatic heterocycles. The highest BCUT2D eigenvalue weighted by Crippen LogP contribution is 2.24. The van der Waals surface area contributed by atoms with Gasteiger partial charge >= 0.3 is 0 Å². The Hall–Kier alpha value is -1.57. The molecule has 76 valence electrons. The van der Waals surface area contributed by atoms with E-state index in [2.05, 4.69) is 35.2 Å². The van der Waals surface area contributed by atoms with Crippen molar-refractivity contribution >= 4 is 0 Å². The molecule has 0 radical (unpaired) electrons. The van der Waals surface area contributed by atoms with Crippen molar-refractivity contribution < 1.29 is 0 Å². The molecule has 0 aromatic carbocycles. The number of hydrogen-bond acceptors (Lipinski definition) is 4. The van der Waals surface area contributed by atoms with Crippen LogP contribution in [0.4, 0.5) is 0 Å². The lowest BCUT2D eigenvalue weighted by atomic mass is 9.98. The molecule has 0 saturated carbocycles. The highest BCUT2D eigenvalue weighted by Gasteiger charge is 2.37. The quantitative estimate of drug-likeness (QED) is 0.588. The van der Waals surface area contributed by atoms with Gasteiger partial charge in [-0.1, -0.05) is 24.3 Å². The summed E-state index contributed by atoms with van der Waals surface area (Å²) >= 11 is 0. The Morgan fingerprint density at radius 2 is 2.40 bits per heavy atom. The van der Waals surface area contributed by atoms with Crippen LogP contribution < -0.4 is 10.7 Å². The zero-order valence-electron chi connectivity index (χ0n) is 8.22. The average molecular weight is 200 g/mol. The summed E-state index contributed by atoms with van der Waals surface area (Å²) in [5.74, 6) is 0.0158. The van der Waals surface area contributed by atoms with E-state index in [4.69, 9.17) is 5.26 Å². The molecule has 2 aliphatic heterocycles. The van der Waals surface area contributed by atoms with Gasteiger partial charge in [-0.2, -0.15) is 5.26 Å². The van der Waals surface area contributed by atoms with Gasteiger partial charge < -0.3 is 0 Å². The lowest BCUT2D eigenvalue weighted by molar-refractivity contribution is 0.201. The molecule has 4 nitrogen and oxygen atoms in total. The summed E-state index contributed by atoms with van der Waals surface area (Å²) < 4.78 is 0. The average Bonchev–Trinajstić information content (AvgIpc) is 2.68. The van der Waals surface area contributed by atoms with Crippen molar-refractivity contribution in [3.63, 3.8) is 0 Å². The Bertz CT molecular complexity index is 401. The third kappa shape index (κ3) is 1.29. The van der Waals surface area contributed by atoms with Gasteiger partial charge in [-0.05, 0) is 5.57 Å². The molecule has 3 aliphatic rings. The van der Waals surface area contributed by atoms with Gasteiger partial charge in [0.25, 0.3) is 0 Å². The van der Waals surface area contributed by atoms with Gasteiger partial charge in [0.1, 0.15) is 6.17 Å². The summed E-state index contributed by atoms with van der Waals surface area (Å²) in [5, 5.41) is 14.4. The normalized spacial score (nSPS) is 36.9. The molecular formula is C11H12N4. The number of nitrogens with one attached hydrogen (secondary N) is 2. The van der Waals surface area contributed by atoms with E-state index in [-0.39, 0.29) is 18.1 Å². The molecule has 3 unspecified atom stereocenters. The summed E-state index contributed by atoms with van der Waals surface area (Å²) in [6, 6.07) is 2.58. The van der Waals surface area contributed by atoms with Gasteiger partial charge in [0, 0.05) is 12.7 Å². The zero-order chi connectivity index (χ0) is 10.3. The molecule has 3 rings (SSSR count). The Kier molecular flexibility index (Phi) is 1.88. The third-order valence-electron chi connectivity index (χ3n) is 3.04. The molecule has 2 heterocycles. The highest BCUT2D eigenvalue weighted by molar-refractivity contribution is 5.38. The van der Waals surface area contributed by atoms with Crippen molar-refractivity contribution in [1.82, 2.24) is 15.8 Å². The van der Waals surface area contributed by atoms with Crippen molar-refractivity contribution in [3.05, 3.63) is 36.1 Å². The van der Waals surface area contributed by atoms with E-state index in [9.17, 15) is 0 Å². The number of allylic oxidation sites excluding steroid dienone is 2. The van der Waals surface area contributed by atoms with E-state index in [0.29, 0.717) is 0 Å². The number of nitriles is 1. The fourth-order valence-electron chi connectivity index (χ4n) is 2.22. The van der Waals surface area contributed by atoms with Crippen LogP contribution in [-0.4, -0.2) is 23.8 Å². The first kappa shape index (κ1) is 8.72. The van der Waals surface area contributed by atoms with E-state index < -0.39 is 0 Å². The lowest BCUT2D eigenvalue weighted by Crippen LogP contribution is -2.52. The number of fused-ring (bicyclic) bond motifs is 2. The van der Waals surface area contributed by atoms with Crippen molar-refractivity contribution in [3.8, 4) is 6.07 Å². The number of rotatable bonds is 0. The van der Waals surface area contributed by atoms with E-state index >= 15 is 0 Å². The monoisotopic (exact) mass is 200 g/mol. The van der Waals surface area contributed by atoms with Gasteiger partial charge in [0.2, 0.25) is 0 Å². The summed E-state index contributed by atoms with van der Waals surface area (Å²) in [4.78, 5) is 0. The van der Waals surface area contributed by atoms with Crippen LogP contribution in [0, 0.1) is 17.2 Å². The molecule has 0 bridgehead atoms. The number of hydrogen-bond donors (Lipinski definition) is 2. The van der Waals surface area contributed by atoms with Crippen molar-refractivity contribution in [1.29, 1.82) is 5.26 Å². The van der Waals surface area contributed by atoms with Crippen molar-refractivity contribution in [2.24, 2.45) is 5.92 Å². The molecule has 4 heteroatoms. The van der Waals surface area contributed by atoms with Gasteiger partial charge in [-0.3, -0.25) is 10.3 Å². The predicted molar refractivity (Wildman–Crippen MR) is 56.0 cm³/mol. The number of hydrazine groups is 1. The first-order valence-electron chi connectivity index (χ1n) is 5.12. The predicted octanol–water partition coefficient (Wildman–Crippen LogP) is 0.254. The van der Waals surface area contributed by atoms with E-state index in [1.807, 2.05) is 17.2 Å². The third-order valence-corrected chi connectivity index (χ3v) is 3.04. The molecular weight excluding hydrogens is 188 g/mol. The van der Waals surface area contributed by atoms with E-state index in [1.165, 1.54) is 5.57 Å². The van der Waals surface area contributed by atoms with Crippen LogP contribution in [0.15, 0.2) is 36.1 Å². The summed E-state index contributed by atoms with van der Waals surface area (Å²) in [5.41, 5.74) is 4.44. The van der Waals surface area contributed by atoms with Gasteiger partial charge in [0.05, 0.1) is 18.0 Å². The maximum atomic E-state index is 8.99. The fourth-order valence-corrected chi connectivity index (χ4v) is 2.22. The minimum absolute atomic E-state index is 0.0158. The molecule has 1 saturated heterocycles. The van der Waals surface area contributed by atoms with E-state index in [1.54, 1.807) is 0 Å². The molecule has 2 N–H and O–H groups in total. The molecule has 15 heavy (non-hydrogen) atoms. The smallest absolute Gasteiger partial charge is 0.112 e. The summed E-state index contributed by atoms with van der Waals surface area (Å²) in [6.07, 6.45) is 10.5. The minimum Gasteiger partial charge on any atom is -0.297 e. The van der Waals surface area contributed by atoms with E-state index in [0.717, 1.165) is 6.54 Å². The fraction of sp³-hybridized carbons (Fsp3) is 0.364. The van der Waals surface area contributed by atoms with Crippen LogP contribution in [0.3, 0.4) is 0 Å². The molecule has 1 aliphatic carbocycles. The highest BCUT2D eigenvalue weighted by atomic mass is 15.6. The van der Waals surface area contributed by atoms with Gasteiger partial charge in [-0.25, -0.2) is 5.43 Å². The van der Waals surface area contributed by atoms with Crippen LogP contribution >= 0.6 is 0 Å².